The molecule has 5 nitrogen and oxygen atoms in total. The molecule has 21 heavy (non-hydrogen) atoms. The van der Waals surface area contributed by atoms with Gasteiger partial charge < -0.3 is 4.90 Å². The van der Waals surface area contributed by atoms with Crippen molar-refractivity contribution >= 4 is 23.0 Å². The highest BCUT2D eigenvalue weighted by Gasteiger charge is 2.13. The third-order valence-electron chi connectivity index (χ3n) is 3.54. The molecule has 0 atom stereocenters. The smallest absolute Gasteiger partial charge is 0.240 e. The maximum absolute atomic E-state index is 11.1. The molecule has 1 N–H and O–H groups in total. The Hall–Kier alpha value is -2.69. The van der Waals surface area contributed by atoms with Gasteiger partial charge in [0, 0.05) is 43.7 Å². The molecule has 1 aliphatic heterocycles. The van der Waals surface area contributed by atoms with E-state index < -0.39 is 0 Å². The van der Waals surface area contributed by atoms with Crippen LogP contribution in [0.1, 0.15) is 18.4 Å². The molecule has 1 aromatic heterocycles. The van der Waals surface area contributed by atoms with E-state index in [1.165, 1.54) is 0 Å². The summed E-state index contributed by atoms with van der Waals surface area (Å²) in [4.78, 5) is 17.2. The molecule has 1 amide bonds. The first-order valence-corrected chi connectivity index (χ1v) is 6.83. The molecule has 0 bridgehead atoms. The number of carbonyl (C=O) groups is 1. The van der Waals surface area contributed by atoms with Crippen molar-refractivity contribution in [1.82, 2.24) is 10.4 Å². The Morgan fingerprint density at radius 3 is 2.29 bits per heavy atom. The maximum Gasteiger partial charge on any atom is 0.240 e. The number of benzene rings is 1. The van der Waals surface area contributed by atoms with Crippen LogP contribution < -0.4 is 10.3 Å². The van der Waals surface area contributed by atoms with Crippen LogP contribution in [0.2, 0.25) is 0 Å². The van der Waals surface area contributed by atoms with Crippen molar-refractivity contribution in [3.8, 4) is 0 Å². The normalized spacial score (nSPS) is 14.3. The van der Waals surface area contributed by atoms with Gasteiger partial charge in [0.25, 0.3) is 0 Å². The lowest BCUT2D eigenvalue weighted by atomic mass is 10.0. The summed E-state index contributed by atoms with van der Waals surface area (Å²) in [5, 5.41) is 4.11. The molecule has 0 saturated carbocycles. The number of carbonyl (C=O) groups excluding carboxylic acids is 1. The molecule has 5 heteroatoms. The van der Waals surface area contributed by atoms with E-state index in [1.807, 2.05) is 31.3 Å². The summed E-state index contributed by atoms with van der Waals surface area (Å²) in [5.74, 6) is -0.0206. The van der Waals surface area contributed by atoms with Gasteiger partial charge in [-0.15, -0.1) is 0 Å². The molecule has 2 aromatic rings. The summed E-state index contributed by atoms with van der Waals surface area (Å²) in [6, 6.07) is 12.1. The molecule has 1 aromatic carbocycles. The van der Waals surface area contributed by atoms with E-state index in [9.17, 15) is 4.79 Å². The fourth-order valence-electron chi connectivity index (χ4n) is 2.28. The highest BCUT2D eigenvalue weighted by Crippen LogP contribution is 2.23. The van der Waals surface area contributed by atoms with Gasteiger partial charge >= 0.3 is 0 Å². The molecule has 1 aliphatic rings. The van der Waals surface area contributed by atoms with Gasteiger partial charge in [-0.3, -0.25) is 9.78 Å². The van der Waals surface area contributed by atoms with Gasteiger partial charge in [-0.2, -0.15) is 5.10 Å². The monoisotopic (exact) mass is 280 g/mol. The molecule has 0 aliphatic carbocycles. The number of hydrogen-bond donors (Lipinski definition) is 1. The zero-order chi connectivity index (χ0) is 14.7. The standard InChI is InChI=1S/C16H16N4O/c1-20(14-8-10-17-11-9-14)13-4-2-12(3-5-13)15-6-7-16(21)19-18-15/h2-5,8-11H,6-7H2,1H3,(H,19,21). The van der Waals surface area contributed by atoms with E-state index in [0.717, 1.165) is 22.6 Å². The van der Waals surface area contributed by atoms with Crippen LogP contribution in [0.3, 0.4) is 0 Å². The molecule has 0 unspecified atom stereocenters. The Labute approximate surface area is 123 Å². The number of hydrazone groups is 1. The molecule has 0 fully saturated rings. The Morgan fingerprint density at radius 2 is 1.67 bits per heavy atom. The van der Waals surface area contributed by atoms with Crippen molar-refractivity contribution in [2.45, 2.75) is 12.8 Å². The van der Waals surface area contributed by atoms with E-state index in [1.54, 1.807) is 12.4 Å². The molecule has 0 radical (unpaired) electrons. The van der Waals surface area contributed by atoms with Gasteiger partial charge in [0.1, 0.15) is 0 Å². The quantitative estimate of drug-likeness (QED) is 0.939. The molecular weight excluding hydrogens is 264 g/mol. The van der Waals surface area contributed by atoms with Gasteiger partial charge in [-0.25, -0.2) is 5.43 Å². The maximum atomic E-state index is 11.1. The average Bonchev–Trinajstić information content (AvgIpc) is 2.56. The van der Waals surface area contributed by atoms with Gasteiger partial charge in [0.05, 0.1) is 5.71 Å². The second-order valence-corrected chi connectivity index (χ2v) is 4.90. The van der Waals surface area contributed by atoms with Crippen LogP contribution in [-0.4, -0.2) is 23.7 Å². The molecule has 2 heterocycles. The zero-order valence-electron chi connectivity index (χ0n) is 11.8. The molecule has 3 rings (SSSR count). The summed E-state index contributed by atoms with van der Waals surface area (Å²) in [7, 11) is 2.02. The van der Waals surface area contributed by atoms with Crippen molar-refractivity contribution in [2.75, 3.05) is 11.9 Å². The van der Waals surface area contributed by atoms with Crippen molar-refractivity contribution in [3.63, 3.8) is 0 Å². The van der Waals surface area contributed by atoms with Crippen molar-refractivity contribution < 1.29 is 4.79 Å². The summed E-state index contributed by atoms with van der Waals surface area (Å²) in [5.41, 5.74) is 6.66. The fraction of sp³-hybridized carbons (Fsp3) is 0.188. The van der Waals surface area contributed by atoms with Gasteiger partial charge in [-0.05, 0) is 29.8 Å². The zero-order valence-corrected chi connectivity index (χ0v) is 11.8. The van der Waals surface area contributed by atoms with Crippen LogP contribution in [-0.2, 0) is 4.79 Å². The average molecular weight is 280 g/mol. The molecule has 0 spiro atoms. The van der Waals surface area contributed by atoms with Crippen LogP contribution in [0.5, 0.6) is 0 Å². The van der Waals surface area contributed by atoms with Crippen molar-refractivity contribution in [3.05, 3.63) is 54.4 Å². The first kappa shape index (κ1) is 13.3. The lowest BCUT2D eigenvalue weighted by Gasteiger charge is -2.20. The lowest BCUT2D eigenvalue weighted by Crippen LogP contribution is -2.25. The number of amides is 1. The lowest BCUT2D eigenvalue weighted by molar-refractivity contribution is -0.121. The Kier molecular flexibility index (Phi) is 3.64. The second-order valence-electron chi connectivity index (χ2n) is 4.90. The van der Waals surface area contributed by atoms with E-state index in [2.05, 4.69) is 32.5 Å². The number of hydrogen-bond acceptors (Lipinski definition) is 4. The number of rotatable bonds is 3. The number of nitrogens with zero attached hydrogens (tertiary/aromatic N) is 3. The molecular formula is C16H16N4O. The fourth-order valence-corrected chi connectivity index (χ4v) is 2.28. The van der Waals surface area contributed by atoms with E-state index in [0.29, 0.717) is 12.8 Å². The minimum atomic E-state index is -0.0206. The van der Waals surface area contributed by atoms with Crippen LogP contribution in [0, 0.1) is 0 Å². The highest BCUT2D eigenvalue weighted by atomic mass is 16.2. The predicted molar refractivity (Wildman–Crippen MR) is 82.7 cm³/mol. The summed E-state index contributed by atoms with van der Waals surface area (Å²) in [6.45, 7) is 0. The Balaban J connectivity index is 1.80. The SMILES string of the molecule is CN(c1ccncc1)c1ccc(C2=NNC(=O)CC2)cc1. The van der Waals surface area contributed by atoms with Crippen LogP contribution >= 0.6 is 0 Å². The minimum absolute atomic E-state index is 0.0206. The third kappa shape index (κ3) is 2.91. The van der Waals surface area contributed by atoms with Crippen molar-refractivity contribution in [1.29, 1.82) is 0 Å². The Morgan fingerprint density at radius 1 is 1.00 bits per heavy atom. The molecule has 106 valence electrons. The highest BCUT2D eigenvalue weighted by molar-refractivity contribution is 6.04. The Bertz CT molecular complexity index is 664. The van der Waals surface area contributed by atoms with E-state index in [-0.39, 0.29) is 5.91 Å². The van der Waals surface area contributed by atoms with Gasteiger partial charge in [0.15, 0.2) is 0 Å². The first-order valence-electron chi connectivity index (χ1n) is 6.83. The first-order chi connectivity index (χ1) is 10.2. The number of anilines is 2. The van der Waals surface area contributed by atoms with E-state index in [4.69, 9.17) is 0 Å². The van der Waals surface area contributed by atoms with Gasteiger partial charge in [0.2, 0.25) is 5.91 Å². The summed E-state index contributed by atoms with van der Waals surface area (Å²) in [6.07, 6.45) is 4.74. The number of nitrogens with one attached hydrogen (secondary N) is 1. The van der Waals surface area contributed by atoms with Crippen LogP contribution in [0.25, 0.3) is 0 Å². The van der Waals surface area contributed by atoms with Gasteiger partial charge in [-0.1, -0.05) is 12.1 Å². The second kappa shape index (κ2) is 5.75. The third-order valence-corrected chi connectivity index (χ3v) is 3.54. The number of aromatic nitrogens is 1. The van der Waals surface area contributed by atoms with Crippen LogP contribution in [0.15, 0.2) is 53.9 Å². The molecule has 0 saturated heterocycles. The minimum Gasteiger partial charge on any atom is -0.345 e. The van der Waals surface area contributed by atoms with Crippen molar-refractivity contribution in [2.24, 2.45) is 5.10 Å². The largest absolute Gasteiger partial charge is 0.345 e. The van der Waals surface area contributed by atoms with Crippen LogP contribution in [0.4, 0.5) is 11.4 Å². The number of pyridine rings is 1. The topological polar surface area (TPSA) is 57.6 Å². The summed E-state index contributed by atoms with van der Waals surface area (Å²) < 4.78 is 0. The van der Waals surface area contributed by atoms with E-state index >= 15 is 0 Å². The predicted octanol–water partition coefficient (Wildman–Crippen LogP) is 2.46. The summed E-state index contributed by atoms with van der Waals surface area (Å²) >= 11 is 0.